The summed E-state index contributed by atoms with van der Waals surface area (Å²) < 4.78 is 49.7. The Kier molecular flexibility index (Phi) is 7.66. The topological polar surface area (TPSA) is 84.9 Å². The molecular weight excluding hydrogens is 411 g/mol. The molecule has 0 fully saturated rings. The molecule has 1 amide bonds. The molecule has 0 aliphatic heterocycles. The Bertz CT molecular complexity index is 977. The van der Waals surface area contributed by atoms with Gasteiger partial charge in [0.05, 0.1) is 25.2 Å². The van der Waals surface area contributed by atoms with Gasteiger partial charge in [-0.05, 0) is 62.7 Å². The van der Waals surface area contributed by atoms with Gasteiger partial charge < -0.3 is 14.8 Å². The lowest BCUT2D eigenvalue weighted by molar-refractivity contribution is -0.122. The van der Waals surface area contributed by atoms with Crippen molar-refractivity contribution in [3.63, 3.8) is 0 Å². The van der Waals surface area contributed by atoms with Crippen LogP contribution in [0.15, 0.2) is 42.5 Å². The normalized spacial score (nSPS) is 12.4. The predicted molar refractivity (Wildman–Crippen MR) is 114 cm³/mol. The van der Waals surface area contributed by atoms with Crippen molar-refractivity contribution in [3.05, 3.63) is 53.8 Å². The highest BCUT2D eigenvalue weighted by molar-refractivity contribution is 7.92. The highest BCUT2D eigenvalue weighted by Gasteiger charge is 2.29. The van der Waals surface area contributed by atoms with Crippen LogP contribution in [0.2, 0.25) is 0 Å². The summed E-state index contributed by atoms with van der Waals surface area (Å²) in [5, 5.41) is 2.73. The number of halogens is 1. The van der Waals surface area contributed by atoms with Crippen molar-refractivity contribution in [2.24, 2.45) is 0 Å². The molecule has 0 saturated carbocycles. The van der Waals surface area contributed by atoms with E-state index in [0.717, 1.165) is 28.3 Å². The van der Waals surface area contributed by atoms with Crippen LogP contribution in [0, 0.1) is 5.82 Å². The van der Waals surface area contributed by atoms with E-state index in [1.807, 2.05) is 13.8 Å². The molecule has 0 spiro atoms. The average molecular weight is 439 g/mol. The highest BCUT2D eigenvalue weighted by Crippen LogP contribution is 2.29. The van der Waals surface area contributed by atoms with Crippen molar-refractivity contribution in [1.82, 2.24) is 5.32 Å². The first-order valence-corrected chi connectivity index (χ1v) is 11.2. The number of ether oxygens (including phenoxy) is 2. The Hall–Kier alpha value is -2.81. The van der Waals surface area contributed by atoms with Crippen LogP contribution in [0.25, 0.3) is 0 Å². The van der Waals surface area contributed by atoms with Crippen LogP contribution in [0.4, 0.5) is 10.1 Å². The summed E-state index contributed by atoms with van der Waals surface area (Å²) in [4.78, 5) is 12.7. The van der Waals surface area contributed by atoms with Gasteiger partial charge in [0.1, 0.15) is 11.9 Å². The summed E-state index contributed by atoms with van der Waals surface area (Å²) in [5.74, 6) is 0.137. The number of sulfonamides is 1. The zero-order valence-corrected chi connectivity index (χ0v) is 18.5. The molecule has 0 saturated heterocycles. The maximum absolute atomic E-state index is 13.2. The van der Waals surface area contributed by atoms with Crippen LogP contribution in [-0.2, 0) is 21.4 Å². The third kappa shape index (κ3) is 6.09. The number of rotatable bonds is 9. The molecule has 0 bridgehead atoms. The lowest BCUT2D eigenvalue weighted by atomic mass is 10.2. The molecule has 0 aliphatic rings. The second-order valence-electron chi connectivity index (χ2n) is 7.08. The van der Waals surface area contributed by atoms with Crippen LogP contribution in [0.5, 0.6) is 11.5 Å². The smallest absolute Gasteiger partial charge is 0.243 e. The summed E-state index contributed by atoms with van der Waals surface area (Å²) in [6, 6.07) is 9.19. The Morgan fingerprint density at radius 2 is 1.73 bits per heavy atom. The van der Waals surface area contributed by atoms with Crippen LogP contribution in [-0.4, -0.2) is 39.8 Å². The highest BCUT2D eigenvalue weighted by atomic mass is 32.2. The van der Waals surface area contributed by atoms with E-state index in [9.17, 15) is 17.6 Å². The number of benzene rings is 2. The minimum atomic E-state index is -3.77. The third-order valence-electron chi connectivity index (χ3n) is 4.23. The monoisotopic (exact) mass is 438 g/mol. The third-order valence-corrected chi connectivity index (χ3v) is 5.47. The molecule has 2 aromatic carbocycles. The molecule has 30 heavy (non-hydrogen) atoms. The quantitative estimate of drug-likeness (QED) is 0.650. The number of carbonyl (C=O) groups is 1. The number of anilines is 1. The van der Waals surface area contributed by atoms with Gasteiger partial charge >= 0.3 is 0 Å². The van der Waals surface area contributed by atoms with Crippen LogP contribution < -0.4 is 19.1 Å². The van der Waals surface area contributed by atoms with Crippen molar-refractivity contribution < 1.29 is 27.1 Å². The molecule has 164 valence electrons. The van der Waals surface area contributed by atoms with Gasteiger partial charge in [-0.25, -0.2) is 12.8 Å². The van der Waals surface area contributed by atoms with Gasteiger partial charge in [-0.1, -0.05) is 6.07 Å². The van der Waals surface area contributed by atoms with Crippen LogP contribution in [0.3, 0.4) is 0 Å². The number of methoxy groups -OCH3 is 1. The van der Waals surface area contributed by atoms with Crippen LogP contribution in [0.1, 0.15) is 26.3 Å². The minimum Gasteiger partial charge on any atom is -0.493 e. The Morgan fingerprint density at radius 3 is 2.27 bits per heavy atom. The van der Waals surface area contributed by atoms with E-state index in [-0.39, 0.29) is 18.3 Å². The van der Waals surface area contributed by atoms with E-state index in [4.69, 9.17) is 9.47 Å². The van der Waals surface area contributed by atoms with E-state index in [1.165, 1.54) is 26.2 Å². The van der Waals surface area contributed by atoms with E-state index in [2.05, 4.69) is 5.32 Å². The Labute approximate surface area is 176 Å². The molecular formula is C21H27FN2O5S. The van der Waals surface area contributed by atoms with Crippen molar-refractivity contribution >= 4 is 21.6 Å². The van der Waals surface area contributed by atoms with Gasteiger partial charge in [-0.2, -0.15) is 0 Å². The van der Waals surface area contributed by atoms with E-state index >= 15 is 0 Å². The second-order valence-corrected chi connectivity index (χ2v) is 8.94. The number of nitrogens with zero attached hydrogens (tertiary/aromatic N) is 1. The molecule has 1 N–H and O–H groups in total. The van der Waals surface area contributed by atoms with E-state index in [0.29, 0.717) is 11.5 Å². The number of hydrogen-bond donors (Lipinski definition) is 1. The zero-order chi connectivity index (χ0) is 22.5. The van der Waals surface area contributed by atoms with Gasteiger partial charge in [0.25, 0.3) is 0 Å². The molecule has 0 radical (unpaired) electrons. The minimum absolute atomic E-state index is 0.0151. The van der Waals surface area contributed by atoms with Gasteiger partial charge in [0.2, 0.25) is 15.9 Å². The molecule has 0 aliphatic carbocycles. The summed E-state index contributed by atoms with van der Waals surface area (Å²) in [5.41, 5.74) is 0.967. The summed E-state index contributed by atoms with van der Waals surface area (Å²) in [6.45, 7) is 5.45. The van der Waals surface area contributed by atoms with Crippen molar-refractivity contribution in [3.8, 4) is 11.5 Å². The Balaban J connectivity index is 2.15. The van der Waals surface area contributed by atoms with Gasteiger partial charge in [-0.15, -0.1) is 0 Å². The summed E-state index contributed by atoms with van der Waals surface area (Å²) >= 11 is 0. The largest absolute Gasteiger partial charge is 0.493 e. The summed E-state index contributed by atoms with van der Waals surface area (Å²) in [7, 11) is -2.24. The van der Waals surface area contributed by atoms with E-state index < -0.39 is 27.8 Å². The molecule has 2 rings (SSSR count). The number of nitrogens with one attached hydrogen (secondary N) is 1. The molecule has 9 heteroatoms. The van der Waals surface area contributed by atoms with Crippen molar-refractivity contribution in [1.29, 1.82) is 0 Å². The van der Waals surface area contributed by atoms with Crippen molar-refractivity contribution in [2.75, 3.05) is 17.7 Å². The van der Waals surface area contributed by atoms with Crippen LogP contribution >= 0.6 is 0 Å². The fourth-order valence-corrected chi connectivity index (χ4v) is 4.08. The fourth-order valence-electron chi connectivity index (χ4n) is 2.91. The second kappa shape index (κ2) is 9.80. The maximum Gasteiger partial charge on any atom is 0.243 e. The Morgan fingerprint density at radius 1 is 1.10 bits per heavy atom. The molecule has 0 aromatic heterocycles. The average Bonchev–Trinajstić information content (AvgIpc) is 2.67. The number of carbonyl (C=O) groups excluding carboxylic acids is 1. The fraction of sp³-hybridized carbons (Fsp3) is 0.381. The molecule has 7 nitrogen and oxygen atoms in total. The molecule has 2 aromatic rings. The first-order valence-electron chi connectivity index (χ1n) is 9.39. The van der Waals surface area contributed by atoms with E-state index in [1.54, 1.807) is 18.2 Å². The number of hydrogen-bond acceptors (Lipinski definition) is 5. The molecule has 1 unspecified atom stereocenters. The lowest BCUT2D eigenvalue weighted by Crippen LogP contribution is -2.47. The first-order chi connectivity index (χ1) is 14.0. The first kappa shape index (κ1) is 23.5. The summed E-state index contributed by atoms with van der Waals surface area (Å²) in [6.07, 6.45) is 0.983. The molecule has 0 heterocycles. The van der Waals surface area contributed by atoms with Gasteiger partial charge in [0.15, 0.2) is 11.5 Å². The number of amides is 1. The standard InChI is InChI=1S/C21H27FN2O5S/c1-14(2)29-19-11-6-16(12-20(19)28-4)13-23-21(25)15(3)24(30(5,26)27)18-9-7-17(22)8-10-18/h6-12,14-15H,13H2,1-5H3,(H,23,25). The lowest BCUT2D eigenvalue weighted by Gasteiger charge is -2.28. The SMILES string of the molecule is COc1cc(CNC(=O)C(C)N(c2ccc(F)cc2)S(C)(=O)=O)ccc1OC(C)C. The predicted octanol–water partition coefficient (Wildman–Crippen LogP) is 3.09. The van der Waals surface area contributed by atoms with Gasteiger partial charge in [-0.3, -0.25) is 9.10 Å². The van der Waals surface area contributed by atoms with Crippen molar-refractivity contribution in [2.45, 2.75) is 39.5 Å². The zero-order valence-electron chi connectivity index (χ0n) is 17.7. The molecule has 1 atom stereocenters. The van der Waals surface area contributed by atoms with Gasteiger partial charge in [0, 0.05) is 6.54 Å². The maximum atomic E-state index is 13.2.